The van der Waals surface area contributed by atoms with Gasteiger partial charge in [-0.05, 0) is 13.0 Å². The lowest BCUT2D eigenvalue weighted by atomic mass is 10.3. The Hall–Kier alpha value is -2.10. The minimum absolute atomic E-state index is 0.0383. The number of carbonyl (C=O) groups excluding carboxylic acids is 1. The predicted molar refractivity (Wildman–Crippen MR) is 72.1 cm³/mol. The molecule has 0 aliphatic rings. The molecule has 1 amide bonds. The SMILES string of the molecule is Cc1cc(NC(=O)c2csc(C#CCCO)c2)on1. The first-order valence-corrected chi connectivity index (χ1v) is 6.50. The molecule has 0 unspecified atom stereocenters. The number of hydrogen-bond acceptors (Lipinski definition) is 5. The molecule has 0 bridgehead atoms. The number of nitrogens with one attached hydrogen (secondary N) is 1. The van der Waals surface area contributed by atoms with Crippen molar-refractivity contribution in [1.82, 2.24) is 5.16 Å². The number of aryl methyl sites for hydroxylation is 1. The topological polar surface area (TPSA) is 75.4 Å². The molecule has 0 aliphatic carbocycles. The van der Waals surface area contributed by atoms with Crippen molar-refractivity contribution in [2.75, 3.05) is 11.9 Å². The minimum Gasteiger partial charge on any atom is -0.395 e. The molecule has 0 atom stereocenters. The van der Waals surface area contributed by atoms with Crippen LogP contribution in [0.5, 0.6) is 0 Å². The molecule has 19 heavy (non-hydrogen) atoms. The molecule has 2 heterocycles. The van der Waals surface area contributed by atoms with Gasteiger partial charge in [-0.3, -0.25) is 10.1 Å². The van der Waals surface area contributed by atoms with E-state index >= 15 is 0 Å². The van der Waals surface area contributed by atoms with Crippen molar-refractivity contribution in [3.05, 3.63) is 33.6 Å². The first kappa shape index (κ1) is 13.3. The first-order valence-electron chi connectivity index (χ1n) is 5.62. The Morgan fingerprint density at radius 2 is 2.42 bits per heavy atom. The molecular formula is C13H12N2O3S. The number of anilines is 1. The molecule has 2 aromatic heterocycles. The van der Waals surface area contributed by atoms with Crippen LogP contribution in [0.15, 0.2) is 22.0 Å². The van der Waals surface area contributed by atoms with Crippen LogP contribution >= 0.6 is 11.3 Å². The standard InChI is InChI=1S/C13H12N2O3S/c1-9-6-12(18-15-9)14-13(17)10-7-11(19-8-10)4-2-3-5-16/h6-8,16H,3,5H2,1H3,(H,14,17). The number of amides is 1. The van der Waals surface area contributed by atoms with Crippen LogP contribution in [0.25, 0.3) is 0 Å². The van der Waals surface area contributed by atoms with Crippen molar-refractivity contribution in [2.24, 2.45) is 0 Å². The van der Waals surface area contributed by atoms with Crippen LogP contribution in [0.3, 0.4) is 0 Å². The summed E-state index contributed by atoms with van der Waals surface area (Å²) < 4.78 is 4.91. The Bertz CT molecular complexity index is 634. The minimum atomic E-state index is -0.261. The quantitative estimate of drug-likeness (QED) is 0.841. The Labute approximate surface area is 114 Å². The summed E-state index contributed by atoms with van der Waals surface area (Å²) in [5.74, 6) is 5.75. The molecule has 0 fully saturated rings. The molecule has 0 saturated heterocycles. The average Bonchev–Trinajstić information content (AvgIpc) is 2.99. The maximum absolute atomic E-state index is 11.9. The summed E-state index contributed by atoms with van der Waals surface area (Å²) in [6.45, 7) is 1.81. The van der Waals surface area contributed by atoms with Crippen LogP contribution in [-0.2, 0) is 0 Å². The lowest BCUT2D eigenvalue weighted by molar-refractivity contribution is 0.102. The Balaban J connectivity index is 2.02. The fourth-order valence-corrected chi connectivity index (χ4v) is 2.09. The van der Waals surface area contributed by atoms with Crippen molar-refractivity contribution in [1.29, 1.82) is 0 Å². The van der Waals surface area contributed by atoms with Gasteiger partial charge in [-0.1, -0.05) is 17.0 Å². The second-order valence-corrected chi connectivity index (χ2v) is 4.67. The summed E-state index contributed by atoms with van der Waals surface area (Å²) in [5, 5.41) is 16.6. The van der Waals surface area contributed by atoms with Gasteiger partial charge in [-0.25, -0.2) is 0 Å². The third kappa shape index (κ3) is 3.68. The third-order valence-corrected chi connectivity index (χ3v) is 3.02. The molecule has 0 radical (unpaired) electrons. The number of aliphatic hydroxyl groups excluding tert-OH is 1. The van der Waals surface area contributed by atoms with E-state index in [4.69, 9.17) is 9.63 Å². The lowest BCUT2D eigenvalue weighted by Gasteiger charge is -1.96. The third-order valence-electron chi connectivity index (χ3n) is 2.17. The largest absolute Gasteiger partial charge is 0.395 e. The smallest absolute Gasteiger partial charge is 0.258 e. The highest BCUT2D eigenvalue weighted by Gasteiger charge is 2.10. The van der Waals surface area contributed by atoms with Crippen molar-refractivity contribution in [3.8, 4) is 11.8 Å². The van der Waals surface area contributed by atoms with E-state index in [0.29, 0.717) is 23.6 Å². The Morgan fingerprint density at radius 1 is 1.58 bits per heavy atom. The van der Waals surface area contributed by atoms with Crippen molar-refractivity contribution < 1.29 is 14.4 Å². The van der Waals surface area contributed by atoms with Crippen LogP contribution < -0.4 is 5.32 Å². The maximum Gasteiger partial charge on any atom is 0.258 e. The molecule has 2 rings (SSSR count). The van der Waals surface area contributed by atoms with Crippen LogP contribution in [0.4, 0.5) is 5.88 Å². The van der Waals surface area contributed by atoms with Crippen LogP contribution in [0.2, 0.25) is 0 Å². The molecule has 0 spiro atoms. The van der Waals surface area contributed by atoms with Gasteiger partial charge in [-0.2, -0.15) is 0 Å². The summed E-state index contributed by atoms with van der Waals surface area (Å²) in [6.07, 6.45) is 0.427. The number of hydrogen-bond donors (Lipinski definition) is 2. The fraction of sp³-hybridized carbons (Fsp3) is 0.231. The fourth-order valence-electron chi connectivity index (χ4n) is 1.33. The summed E-state index contributed by atoms with van der Waals surface area (Å²) in [6, 6.07) is 3.35. The van der Waals surface area contributed by atoms with Crippen LogP contribution in [-0.4, -0.2) is 22.8 Å². The van der Waals surface area contributed by atoms with E-state index in [1.807, 2.05) is 0 Å². The predicted octanol–water partition coefficient (Wildman–Crippen LogP) is 2.03. The van der Waals surface area contributed by atoms with E-state index in [2.05, 4.69) is 22.3 Å². The monoisotopic (exact) mass is 276 g/mol. The van der Waals surface area contributed by atoms with Crippen LogP contribution in [0, 0.1) is 18.8 Å². The zero-order valence-corrected chi connectivity index (χ0v) is 11.1. The van der Waals surface area contributed by atoms with Gasteiger partial charge in [0.1, 0.15) is 0 Å². The molecule has 98 valence electrons. The lowest BCUT2D eigenvalue weighted by Crippen LogP contribution is -2.09. The van der Waals surface area contributed by atoms with Crippen molar-refractivity contribution in [2.45, 2.75) is 13.3 Å². The first-order chi connectivity index (χ1) is 9.19. The number of nitrogens with zero attached hydrogens (tertiary/aromatic N) is 1. The molecule has 0 aliphatic heterocycles. The maximum atomic E-state index is 11.9. The van der Waals surface area contributed by atoms with E-state index in [9.17, 15) is 4.79 Å². The number of carbonyl (C=O) groups is 1. The summed E-state index contributed by atoms with van der Waals surface area (Å²) in [5.41, 5.74) is 1.23. The molecule has 5 nitrogen and oxygen atoms in total. The van der Waals surface area contributed by atoms with Gasteiger partial charge in [0.05, 0.1) is 22.7 Å². The normalized spacial score (nSPS) is 9.79. The van der Waals surface area contributed by atoms with Crippen LogP contribution in [0.1, 0.15) is 27.3 Å². The average molecular weight is 276 g/mol. The van der Waals surface area contributed by atoms with Crippen molar-refractivity contribution in [3.63, 3.8) is 0 Å². The summed E-state index contributed by atoms with van der Waals surface area (Å²) >= 11 is 1.38. The van der Waals surface area contributed by atoms with Gasteiger partial charge in [0, 0.05) is 17.9 Å². The number of thiophene rings is 1. The number of aromatic nitrogens is 1. The number of aliphatic hydroxyl groups is 1. The van der Waals surface area contributed by atoms with E-state index in [1.165, 1.54) is 11.3 Å². The van der Waals surface area contributed by atoms with Gasteiger partial charge in [0.25, 0.3) is 5.91 Å². The molecule has 0 saturated carbocycles. The van der Waals surface area contributed by atoms with Gasteiger partial charge in [-0.15, -0.1) is 11.3 Å². The second kappa shape index (κ2) is 6.18. The van der Waals surface area contributed by atoms with E-state index in [0.717, 1.165) is 4.88 Å². The second-order valence-electron chi connectivity index (χ2n) is 3.76. The highest BCUT2D eigenvalue weighted by atomic mass is 32.1. The molecule has 2 N–H and O–H groups in total. The van der Waals surface area contributed by atoms with E-state index in [1.54, 1.807) is 24.4 Å². The number of rotatable bonds is 3. The molecule has 6 heteroatoms. The van der Waals surface area contributed by atoms with Gasteiger partial charge < -0.3 is 9.63 Å². The highest BCUT2D eigenvalue weighted by Crippen LogP contribution is 2.16. The van der Waals surface area contributed by atoms with Gasteiger partial charge in [0.15, 0.2) is 0 Å². The van der Waals surface area contributed by atoms with Crippen molar-refractivity contribution >= 4 is 23.1 Å². The zero-order valence-electron chi connectivity index (χ0n) is 10.3. The molecular weight excluding hydrogens is 264 g/mol. The summed E-state index contributed by atoms with van der Waals surface area (Å²) in [7, 11) is 0. The Kier molecular flexibility index (Phi) is 4.34. The Morgan fingerprint density at radius 3 is 3.11 bits per heavy atom. The highest BCUT2D eigenvalue weighted by molar-refractivity contribution is 7.10. The molecule has 2 aromatic rings. The van der Waals surface area contributed by atoms with Gasteiger partial charge >= 0.3 is 0 Å². The zero-order chi connectivity index (χ0) is 13.7. The summed E-state index contributed by atoms with van der Waals surface area (Å²) in [4.78, 5) is 12.7. The van der Waals surface area contributed by atoms with E-state index in [-0.39, 0.29) is 12.5 Å². The van der Waals surface area contributed by atoms with E-state index < -0.39 is 0 Å². The molecule has 0 aromatic carbocycles. The van der Waals surface area contributed by atoms with Gasteiger partial charge in [0.2, 0.25) is 5.88 Å².